The molecule has 0 aliphatic carbocycles. The zero-order chi connectivity index (χ0) is 35.4. The van der Waals surface area contributed by atoms with Crippen molar-refractivity contribution in [3.05, 3.63) is 92.6 Å². The second-order valence-electron chi connectivity index (χ2n) is 10.8. The van der Waals surface area contributed by atoms with Crippen molar-refractivity contribution in [2.24, 2.45) is 0 Å². The van der Waals surface area contributed by atoms with Gasteiger partial charge in [-0.05, 0) is 50.5 Å². The lowest BCUT2D eigenvalue weighted by molar-refractivity contribution is -0.757. The van der Waals surface area contributed by atoms with Crippen molar-refractivity contribution in [1.82, 2.24) is 4.90 Å². The van der Waals surface area contributed by atoms with Crippen molar-refractivity contribution in [3.63, 3.8) is 0 Å². The van der Waals surface area contributed by atoms with Gasteiger partial charge >= 0.3 is 5.97 Å². The molecule has 2 aromatic carbocycles. The minimum Gasteiger partial charge on any atom is -0.493 e. The molecule has 1 amide bonds. The Morgan fingerprint density at radius 2 is 1.61 bits per heavy atom. The number of carbonyl (C=O) groups is 2. The topological polar surface area (TPSA) is 191 Å². The molecular formula is C33H42N4O12. The highest BCUT2D eigenvalue weighted by Gasteiger charge is 2.24. The number of allylic oxidation sites excluding steroid dienone is 3. The molecule has 1 N–H and O–H groups in total. The number of rotatable bonds is 21. The number of esters is 1. The van der Waals surface area contributed by atoms with Gasteiger partial charge in [-0.1, -0.05) is 42.5 Å². The molecule has 49 heavy (non-hydrogen) atoms. The van der Waals surface area contributed by atoms with E-state index in [9.17, 15) is 29.8 Å². The summed E-state index contributed by atoms with van der Waals surface area (Å²) in [6.45, 7) is 1.35. The van der Waals surface area contributed by atoms with Crippen molar-refractivity contribution in [3.8, 4) is 17.2 Å². The molecule has 3 rings (SSSR count). The zero-order valence-corrected chi connectivity index (χ0v) is 27.5. The molecule has 0 fully saturated rings. The van der Waals surface area contributed by atoms with Crippen LogP contribution in [0.5, 0.6) is 17.2 Å². The van der Waals surface area contributed by atoms with Crippen molar-refractivity contribution in [1.29, 1.82) is 0 Å². The lowest BCUT2D eigenvalue weighted by Crippen LogP contribution is -2.43. The monoisotopic (exact) mass is 686 g/mol. The Balaban J connectivity index is 1.79. The number of methoxy groups -OCH3 is 1. The normalized spacial score (nSPS) is 15.3. The Labute approximate surface area is 283 Å². The summed E-state index contributed by atoms with van der Waals surface area (Å²) >= 11 is 0. The van der Waals surface area contributed by atoms with E-state index in [0.717, 1.165) is 11.3 Å². The van der Waals surface area contributed by atoms with Crippen LogP contribution in [0.15, 0.2) is 66.8 Å². The molecule has 0 aromatic heterocycles. The van der Waals surface area contributed by atoms with Crippen LogP contribution in [0, 0.1) is 20.2 Å². The maximum atomic E-state index is 13.4. The molecule has 0 radical (unpaired) electrons. The lowest BCUT2D eigenvalue weighted by atomic mass is 10.1. The maximum Gasteiger partial charge on any atom is 0.306 e. The molecule has 0 bridgehead atoms. The third-order valence-electron chi connectivity index (χ3n) is 7.13. The standard InChI is InChI=1S/C33H42N4O12/c1-25-11-4-3-5-12-27-28(34-25)13-8-16-29(27)46-24-26(49-33(39)18-10-21-48-37(42)43)23-35(32(38)17-9-20-47-36(40)41)19-22-45-31-15-7-6-14-30(31)44-2/h3-8,11,13-16,25-26,34H,9-10,12,17-24H2,1-2H3/b5-3-,11-4-. The highest BCUT2D eigenvalue weighted by molar-refractivity contribution is 5.76. The number of benzene rings is 2. The summed E-state index contributed by atoms with van der Waals surface area (Å²) in [6, 6.07) is 12.7. The van der Waals surface area contributed by atoms with Crippen LogP contribution in [0.1, 0.15) is 38.2 Å². The average Bonchev–Trinajstić information content (AvgIpc) is 3.16. The zero-order valence-electron chi connectivity index (χ0n) is 27.5. The largest absolute Gasteiger partial charge is 0.493 e. The van der Waals surface area contributed by atoms with Gasteiger partial charge in [0.25, 0.3) is 10.2 Å². The minimum atomic E-state index is -0.967. The van der Waals surface area contributed by atoms with E-state index in [4.69, 9.17) is 18.9 Å². The Kier molecular flexibility index (Phi) is 16.0. The van der Waals surface area contributed by atoms with Crippen LogP contribution >= 0.6 is 0 Å². The molecule has 1 heterocycles. The second-order valence-corrected chi connectivity index (χ2v) is 10.8. The van der Waals surface area contributed by atoms with Gasteiger partial charge in [0.2, 0.25) is 5.91 Å². The summed E-state index contributed by atoms with van der Waals surface area (Å²) in [4.78, 5) is 57.4. The Bertz CT molecular complexity index is 1450. The Morgan fingerprint density at radius 3 is 2.33 bits per heavy atom. The number of hydrogen-bond acceptors (Lipinski definition) is 13. The summed E-state index contributed by atoms with van der Waals surface area (Å²) in [6.07, 6.45) is 7.38. The van der Waals surface area contributed by atoms with Gasteiger partial charge in [0, 0.05) is 30.1 Å². The first-order valence-corrected chi connectivity index (χ1v) is 15.8. The van der Waals surface area contributed by atoms with E-state index < -0.39 is 22.2 Å². The summed E-state index contributed by atoms with van der Waals surface area (Å²) in [5, 5.41) is 22.6. The molecule has 2 unspecified atom stereocenters. The molecule has 1 aliphatic rings. The van der Waals surface area contributed by atoms with E-state index in [1.165, 1.54) is 12.0 Å². The van der Waals surface area contributed by atoms with E-state index in [1.54, 1.807) is 30.3 Å². The molecule has 0 saturated heterocycles. The number of carbonyl (C=O) groups excluding carboxylic acids is 2. The van der Waals surface area contributed by atoms with Crippen LogP contribution in [-0.2, 0) is 30.4 Å². The van der Waals surface area contributed by atoms with E-state index in [0.29, 0.717) is 23.7 Å². The molecule has 16 nitrogen and oxygen atoms in total. The third kappa shape index (κ3) is 14.0. The molecular weight excluding hydrogens is 644 g/mol. The number of anilines is 1. The van der Waals surface area contributed by atoms with Gasteiger partial charge in [-0.15, -0.1) is 20.2 Å². The number of nitrogens with one attached hydrogen (secondary N) is 1. The number of hydrogen-bond donors (Lipinski definition) is 1. The van der Waals surface area contributed by atoms with Gasteiger partial charge in [-0.2, -0.15) is 0 Å². The van der Waals surface area contributed by atoms with Gasteiger partial charge < -0.3 is 38.8 Å². The Hall–Kier alpha value is -5.54. The molecule has 16 heteroatoms. The van der Waals surface area contributed by atoms with Crippen LogP contribution in [0.4, 0.5) is 5.69 Å². The molecule has 0 saturated carbocycles. The molecule has 2 aromatic rings. The highest BCUT2D eigenvalue weighted by Crippen LogP contribution is 2.29. The number of amides is 1. The van der Waals surface area contributed by atoms with Crippen molar-refractivity contribution in [2.75, 3.05) is 51.9 Å². The molecule has 266 valence electrons. The van der Waals surface area contributed by atoms with E-state index in [2.05, 4.69) is 15.0 Å². The van der Waals surface area contributed by atoms with Gasteiger partial charge in [-0.25, -0.2) is 0 Å². The molecule has 1 aliphatic heterocycles. The smallest absolute Gasteiger partial charge is 0.306 e. The summed E-state index contributed by atoms with van der Waals surface area (Å²) in [5.74, 6) is 0.471. The average molecular weight is 687 g/mol. The van der Waals surface area contributed by atoms with Crippen LogP contribution in [-0.4, -0.2) is 85.7 Å². The number of nitrogens with zero attached hydrogens (tertiary/aromatic N) is 3. The first-order valence-electron chi connectivity index (χ1n) is 15.8. The third-order valence-corrected chi connectivity index (χ3v) is 7.13. The fourth-order valence-electron chi connectivity index (χ4n) is 4.83. The van der Waals surface area contributed by atoms with Crippen molar-refractivity contribution in [2.45, 2.75) is 51.2 Å². The Morgan fingerprint density at radius 1 is 0.918 bits per heavy atom. The predicted octanol–water partition coefficient (Wildman–Crippen LogP) is 4.34. The number of fused-ring (bicyclic) bond motifs is 1. The quantitative estimate of drug-likeness (QED) is 0.0845. The predicted molar refractivity (Wildman–Crippen MR) is 176 cm³/mol. The maximum absolute atomic E-state index is 13.4. The second kappa shape index (κ2) is 20.6. The number of para-hydroxylation sites is 2. The molecule has 2 atom stereocenters. The SMILES string of the molecule is COc1ccccc1OCCN(CC(COc1cccc2c1C/C=C\C=C/C(C)N2)OC(=O)CCCO[N+](=O)[O-])C(=O)CCCO[N+](=O)[O-]. The summed E-state index contributed by atoms with van der Waals surface area (Å²) in [7, 11) is 1.51. The van der Waals surface area contributed by atoms with Crippen molar-refractivity contribution >= 4 is 17.6 Å². The van der Waals surface area contributed by atoms with Crippen LogP contribution in [0.25, 0.3) is 0 Å². The van der Waals surface area contributed by atoms with Gasteiger partial charge in [0.05, 0.1) is 33.4 Å². The lowest BCUT2D eigenvalue weighted by Gasteiger charge is -2.28. The van der Waals surface area contributed by atoms with E-state index in [-0.39, 0.29) is 77.1 Å². The number of ether oxygens (including phenoxy) is 4. The van der Waals surface area contributed by atoms with Crippen LogP contribution in [0.3, 0.4) is 0 Å². The van der Waals surface area contributed by atoms with Crippen molar-refractivity contribution < 1.29 is 48.4 Å². The van der Waals surface area contributed by atoms with Gasteiger partial charge in [0.1, 0.15) is 19.0 Å². The molecule has 0 spiro atoms. The van der Waals surface area contributed by atoms with E-state index in [1.807, 2.05) is 43.4 Å². The first-order chi connectivity index (χ1) is 23.7. The fourth-order valence-corrected chi connectivity index (χ4v) is 4.83. The summed E-state index contributed by atoms with van der Waals surface area (Å²) in [5.41, 5.74) is 1.77. The minimum absolute atomic E-state index is 0.0373. The summed E-state index contributed by atoms with van der Waals surface area (Å²) < 4.78 is 23.2. The fraction of sp³-hybridized carbons (Fsp3) is 0.455. The van der Waals surface area contributed by atoms with Gasteiger partial charge in [-0.3, -0.25) is 9.59 Å². The van der Waals surface area contributed by atoms with Crippen LogP contribution in [0.2, 0.25) is 0 Å². The highest BCUT2D eigenvalue weighted by atomic mass is 17.0. The van der Waals surface area contributed by atoms with Gasteiger partial charge in [0.15, 0.2) is 17.6 Å². The van der Waals surface area contributed by atoms with Crippen LogP contribution < -0.4 is 19.5 Å². The van der Waals surface area contributed by atoms with E-state index >= 15 is 0 Å². The first kappa shape index (κ1) is 37.9.